The molecule has 8 heteroatoms. The molecule has 1 aromatic heterocycles. The summed E-state index contributed by atoms with van der Waals surface area (Å²) in [5, 5.41) is 10.6. The summed E-state index contributed by atoms with van der Waals surface area (Å²) < 4.78 is 33.9. The second-order valence-corrected chi connectivity index (χ2v) is 6.75. The average Bonchev–Trinajstić information content (AvgIpc) is 3.24. The van der Waals surface area contributed by atoms with Gasteiger partial charge in [-0.2, -0.15) is 0 Å². The lowest BCUT2D eigenvalue weighted by atomic mass is 9.95. The van der Waals surface area contributed by atoms with Gasteiger partial charge in [0, 0.05) is 25.2 Å². The first-order valence-electron chi connectivity index (χ1n) is 8.79. The van der Waals surface area contributed by atoms with Crippen LogP contribution in [0.1, 0.15) is 17.9 Å². The second kappa shape index (κ2) is 6.02. The molecule has 2 aliphatic rings. The van der Waals surface area contributed by atoms with Gasteiger partial charge in [0.1, 0.15) is 33.6 Å². The number of phenolic OH excluding ortho intramolecular Hbond substituents is 1. The summed E-state index contributed by atoms with van der Waals surface area (Å²) in [5.74, 6) is 0.839. The minimum Gasteiger partial charge on any atom is -0.507 e. The first-order valence-corrected chi connectivity index (χ1v) is 8.79. The topological polar surface area (TPSA) is 96.6 Å². The lowest BCUT2D eigenvalue weighted by Gasteiger charge is -2.14. The largest absolute Gasteiger partial charge is 0.507 e. The molecule has 0 bridgehead atoms. The van der Waals surface area contributed by atoms with Crippen LogP contribution in [0.5, 0.6) is 23.0 Å². The fraction of sp³-hybridized carbons (Fsp3) is 0.350. The van der Waals surface area contributed by atoms with Crippen molar-refractivity contribution in [2.75, 3.05) is 21.3 Å². The van der Waals surface area contributed by atoms with Crippen LogP contribution < -0.4 is 19.6 Å². The number of benzene rings is 2. The molecule has 1 N–H and O–H groups in total. The van der Waals surface area contributed by atoms with Crippen molar-refractivity contribution in [3.05, 3.63) is 34.0 Å². The third kappa shape index (κ3) is 2.15. The van der Waals surface area contributed by atoms with E-state index in [0.29, 0.717) is 29.3 Å². The van der Waals surface area contributed by atoms with Gasteiger partial charge in [-0.05, 0) is 12.1 Å². The van der Waals surface area contributed by atoms with Crippen LogP contribution in [0.2, 0.25) is 0 Å². The Morgan fingerprint density at radius 1 is 1.07 bits per heavy atom. The van der Waals surface area contributed by atoms with E-state index in [-0.39, 0.29) is 28.0 Å². The van der Waals surface area contributed by atoms with Gasteiger partial charge in [-0.25, -0.2) is 0 Å². The smallest absolute Gasteiger partial charge is 0.209 e. The van der Waals surface area contributed by atoms with Gasteiger partial charge in [0.25, 0.3) is 0 Å². The van der Waals surface area contributed by atoms with Crippen molar-refractivity contribution in [1.29, 1.82) is 0 Å². The summed E-state index contributed by atoms with van der Waals surface area (Å²) in [4.78, 5) is 13.3. The molecule has 1 saturated heterocycles. The van der Waals surface area contributed by atoms with Crippen molar-refractivity contribution in [3.8, 4) is 23.0 Å². The number of hydrogen-bond acceptors (Lipinski definition) is 8. The summed E-state index contributed by atoms with van der Waals surface area (Å²) in [7, 11) is 4.50. The Kier molecular flexibility index (Phi) is 3.68. The number of hydrogen-bond donors (Lipinski definition) is 1. The van der Waals surface area contributed by atoms with E-state index in [4.69, 9.17) is 28.1 Å². The summed E-state index contributed by atoms with van der Waals surface area (Å²) >= 11 is 0. The zero-order valence-electron chi connectivity index (χ0n) is 15.5. The molecule has 28 heavy (non-hydrogen) atoms. The van der Waals surface area contributed by atoms with E-state index in [0.717, 1.165) is 5.56 Å². The minimum atomic E-state index is -0.526. The fourth-order valence-corrected chi connectivity index (χ4v) is 4.08. The third-order valence-corrected chi connectivity index (χ3v) is 5.38. The quantitative estimate of drug-likeness (QED) is 0.687. The van der Waals surface area contributed by atoms with E-state index in [1.807, 2.05) is 0 Å². The Bertz CT molecular complexity index is 1160. The Balaban J connectivity index is 1.90. The highest BCUT2D eigenvalue weighted by Crippen LogP contribution is 2.51. The van der Waals surface area contributed by atoms with E-state index >= 15 is 0 Å². The number of aromatic hydroxyl groups is 1. The van der Waals surface area contributed by atoms with E-state index < -0.39 is 18.0 Å². The van der Waals surface area contributed by atoms with E-state index in [1.54, 1.807) is 19.2 Å². The fourth-order valence-electron chi connectivity index (χ4n) is 4.08. The molecule has 0 aliphatic carbocycles. The molecule has 3 atom stereocenters. The van der Waals surface area contributed by atoms with Gasteiger partial charge in [0.2, 0.25) is 11.7 Å². The number of ether oxygens (including phenoxy) is 5. The molecule has 0 unspecified atom stereocenters. The summed E-state index contributed by atoms with van der Waals surface area (Å²) in [6.45, 7) is 0. The molecule has 0 amide bonds. The van der Waals surface area contributed by atoms with Gasteiger partial charge in [0.05, 0.1) is 20.1 Å². The zero-order valence-corrected chi connectivity index (χ0v) is 15.5. The predicted molar refractivity (Wildman–Crippen MR) is 98.4 cm³/mol. The van der Waals surface area contributed by atoms with E-state index in [2.05, 4.69) is 0 Å². The van der Waals surface area contributed by atoms with Crippen LogP contribution >= 0.6 is 0 Å². The molecule has 146 valence electrons. The molecule has 3 heterocycles. The molecule has 0 spiro atoms. The van der Waals surface area contributed by atoms with Crippen molar-refractivity contribution in [2.45, 2.75) is 24.9 Å². The highest BCUT2D eigenvalue weighted by Gasteiger charge is 2.46. The summed E-state index contributed by atoms with van der Waals surface area (Å²) in [6, 6.07) is 4.60. The maximum Gasteiger partial charge on any atom is 0.209 e. The summed E-state index contributed by atoms with van der Waals surface area (Å²) in [5.41, 5.74) is 0.826. The maximum atomic E-state index is 13.3. The van der Waals surface area contributed by atoms with Crippen LogP contribution in [-0.2, 0) is 9.47 Å². The Morgan fingerprint density at radius 3 is 2.57 bits per heavy atom. The first kappa shape index (κ1) is 17.2. The number of rotatable bonds is 3. The minimum absolute atomic E-state index is 0.0398. The number of methoxy groups -OCH3 is 3. The summed E-state index contributed by atoms with van der Waals surface area (Å²) in [6.07, 6.45) is -0.359. The van der Waals surface area contributed by atoms with Crippen LogP contribution in [0.25, 0.3) is 21.9 Å². The highest BCUT2D eigenvalue weighted by atomic mass is 16.8. The monoisotopic (exact) mass is 386 g/mol. The van der Waals surface area contributed by atoms with Crippen molar-refractivity contribution in [1.82, 2.24) is 0 Å². The van der Waals surface area contributed by atoms with Crippen LogP contribution in [0, 0.1) is 0 Å². The average molecular weight is 386 g/mol. The molecule has 8 nitrogen and oxygen atoms in total. The molecule has 0 saturated carbocycles. The van der Waals surface area contributed by atoms with Gasteiger partial charge < -0.3 is 33.2 Å². The lowest BCUT2D eigenvalue weighted by molar-refractivity contribution is -0.162. The SMILES string of the molecule is COc1ccc(O)c2c(=O)c3c(OC)cc4c(c3oc12)[C@@H]1C[C@@H](OC)O[C@@H]1O4. The molecular formula is C20H18O8. The van der Waals surface area contributed by atoms with Crippen LogP contribution in [0.15, 0.2) is 27.4 Å². The Morgan fingerprint density at radius 2 is 1.86 bits per heavy atom. The van der Waals surface area contributed by atoms with Crippen molar-refractivity contribution >= 4 is 21.9 Å². The molecule has 3 aromatic rings. The zero-order chi connectivity index (χ0) is 19.6. The van der Waals surface area contributed by atoms with Crippen molar-refractivity contribution < 1.29 is 33.2 Å². The first-order chi connectivity index (χ1) is 13.6. The number of phenols is 1. The van der Waals surface area contributed by atoms with E-state index in [1.165, 1.54) is 20.3 Å². The molecular weight excluding hydrogens is 368 g/mol. The maximum absolute atomic E-state index is 13.3. The third-order valence-electron chi connectivity index (χ3n) is 5.38. The lowest BCUT2D eigenvalue weighted by Crippen LogP contribution is -2.17. The van der Waals surface area contributed by atoms with Crippen LogP contribution in [0.3, 0.4) is 0 Å². The van der Waals surface area contributed by atoms with Gasteiger partial charge >= 0.3 is 0 Å². The standard InChI is InChI=1S/C20H18O8/c1-23-10-5-4-9(21)15-17(22)16-11(24-2)7-12-14(19(16)28-18(10)15)8-6-13(25-3)27-20(8)26-12/h4-5,7-8,13,20-21H,6H2,1-3H3/t8-,13-,20-/m0/s1. The van der Waals surface area contributed by atoms with Crippen molar-refractivity contribution in [3.63, 3.8) is 0 Å². The van der Waals surface area contributed by atoms with Crippen molar-refractivity contribution in [2.24, 2.45) is 0 Å². The second-order valence-electron chi connectivity index (χ2n) is 6.75. The van der Waals surface area contributed by atoms with Crippen LogP contribution in [0.4, 0.5) is 0 Å². The number of fused-ring (bicyclic) bond motifs is 6. The molecule has 2 aliphatic heterocycles. The normalized spacial score (nSPS) is 22.9. The molecule has 0 radical (unpaired) electrons. The molecule has 5 rings (SSSR count). The Hall–Kier alpha value is -2.97. The molecule has 2 aromatic carbocycles. The molecule has 1 fully saturated rings. The van der Waals surface area contributed by atoms with Crippen LogP contribution in [-0.4, -0.2) is 39.0 Å². The highest BCUT2D eigenvalue weighted by molar-refractivity contribution is 6.00. The van der Waals surface area contributed by atoms with E-state index in [9.17, 15) is 9.90 Å². The van der Waals surface area contributed by atoms with Gasteiger partial charge in [-0.3, -0.25) is 4.79 Å². The van der Waals surface area contributed by atoms with Gasteiger partial charge in [-0.15, -0.1) is 0 Å². The van der Waals surface area contributed by atoms with Gasteiger partial charge in [-0.1, -0.05) is 0 Å². The predicted octanol–water partition coefficient (Wildman–Crippen LogP) is 2.86. The Labute approximate surface area is 159 Å². The van der Waals surface area contributed by atoms with Gasteiger partial charge in [0.15, 0.2) is 17.6 Å².